The van der Waals surface area contributed by atoms with Crippen molar-refractivity contribution in [2.24, 2.45) is 0 Å². The molecular weight excluding hydrogens is 295 g/mol. The maximum Gasteiger partial charge on any atom is 0.159 e. The normalized spacial score (nSPS) is 10.4. The fourth-order valence-electron chi connectivity index (χ4n) is 1.85. The molecule has 0 saturated heterocycles. The topological polar surface area (TPSA) is 26.3 Å². The molecule has 0 aliphatic carbocycles. The highest BCUT2D eigenvalue weighted by molar-refractivity contribution is 6.35. The predicted octanol–water partition coefficient (Wildman–Crippen LogP) is 5.08. The minimum Gasteiger partial charge on any atom is -0.489 e. The Kier molecular flexibility index (Phi) is 4.69. The van der Waals surface area contributed by atoms with Gasteiger partial charge in [-0.2, -0.15) is 0 Å². The molecule has 0 fully saturated rings. The lowest BCUT2D eigenvalue weighted by Crippen LogP contribution is -2.00. The Bertz CT molecular complexity index is 631. The zero-order valence-electron chi connectivity index (χ0n) is 11.2. The van der Waals surface area contributed by atoms with Crippen LogP contribution in [0.15, 0.2) is 36.4 Å². The van der Waals surface area contributed by atoms with E-state index < -0.39 is 0 Å². The van der Waals surface area contributed by atoms with Gasteiger partial charge in [0.15, 0.2) is 5.78 Å². The van der Waals surface area contributed by atoms with Gasteiger partial charge in [-0.15, -0.1) is 0 Å². The molecule has 0 radical (unpaired) electrons. The van der Waals surface area contributed by atoms with E-state index in [1.54, 1.807) is 37.3 Å². The van der Waals surface area contributed by atoms with E-state index in [1.807, 2.05) is 13.0 Å². The van der Waals surface area contributed by atoms with E-state index >= 15 is 0 Å². The number of benzene rings is 2. The molecule has 0 amide bonds. The lowest BCUT2D eigenvalue weighted by Gasteiger charge is -2.12. The number of hydrogen-bond acceptors (Lipinski definition) is 2. The van der Waals surface area contributed by atoms with Gasteiger partial charge in [-0.25, -0.2) is 0 Å². The summed E-state index contributed by atoms with van der Waals surface area (Å²) in [6, 6.07) is 10.7. The molecular formula is C16H14Cl2O2. The van der Waals surface area contributed by atoms with Gasteiger partial charge in [-0.1, -0.05) is 29.3 Å². The molecule has 0 N–H and O–H groups in total. The summed E-state index contributed by atoms with van der Waals surface area (Å²) < 4.78 is 5.74. The molecule has 104 valence electrons. The molecule has 20 heavy (non-hydrogen) atoms. The average Bonchev–Trinajstić information content (AvgIpc) is 2.39. The van der Waals surface area contributed by atoms with Crippen molar-refractivity contribution in [3.8, 4) is 5.75 Å². The molecule has 0 aromatic heterocycles. The molecule has 2 aromatic carbocycles. The lowest BCUT2D eigenvalue weighted by atomic mass is 10.1. The number of halogens is 2. The molecule has 4 heteroatoms. The van der Waals surface area contributed by atoms with Gasteiger partial charge in [0.05, 0.1) is 0 Å². The number of hydrogen-bond donors (Lipinski definition) is 0. The van der Waals surface area contributed by atoms with Crippen LogP contribution in [0.1, 0.15) is 28.4 Å². The van der Waals surface area contributed by atoms with Crippen molar-refractivity contribution in [1.82, 2.24) is 0 Å². The first kappa shape index (κ1) is 14.9. The fraction of sp³-hybridized carbons (Fsp3) is 0.188. The second-order valence-corrected chi connectivity index (χ2v) is 5.34. The quantitative estimate of drug-likeness (QED) is 0.736. The number of Topliss-reactive ketones (excluding diaryl/α,β-unsaturated/α-hetero) is 1. The maximum atomic E-state index is 11.3. The Hall–Kier alpha value is -1.51. The van der Waals surface area contributed by atoms with Crippen molar-refractivity contribution < 1.29 is 9.53 Å². The lowest BCUT2D eigenvalue weighted by molar-refractivity contribution is 0.101. The number of ether oxygens (including phenoxy) is 1. The summed E-state index contributed by atoms with van der Waals surface area (Å²) in [6.07, 6.45) is 0. The van der Waals surface area contributed by atoms with Gasteiger partial charge >= 0.3 is 0 Å². The molecule has 0 aliphatic heterocycles. The summed E-state index contributed by atoms with van der Waals surface area (Å²) in [5, 5.41) is 1.16. The van der Waals surface area contributed by atoms with Gasteiger partial charge in [-0.3, -0.25) is 4.79 Å². The highest BCUT2D eigenvalue weighted by Gasteiger charge is 2.08. The molecule has 0 atom stereocenters. The van der Waals surface area contributed by atoms with Gasteiger partial charge < -0.3 is 4.74 Å². The molecule has 2 nitrogen and oxygen atoms in total. The van der Waals surface area contributed by atoms with Crippen LogP contribution in [0.2, 0.25) is 10.0 Å². The first-order chi connectivity index (χ1) is 9.49. The Morgan fingerprint density at radius 1 is 1.15 bits per heavy atom. The molecule has 0 saturated carbocycles. The van der Waals surface area contributed by atoms with Crippen molar-refractivity contribution in [3.63, 3.8) is 0 Å². The van der Waals surface area contributed by atoms with E-state index in [-0.39, 0.29) is 5.78 Å². The molecule has 0 bridgehead atoms. The summed E-state index contributed by atoms with van der Waals surface area (Å²) in [7, 11) is 0. The van der Waals surface area contributed by atoms with E-state index in [2.05, 4.69) is 0 Å². The first-order valence-corrected chi connectivity index (χ1v) is 6.92. The number of aryl methyl sites for hydroxylation is 1. The number of carbonyl (C=O) groups is 1. The van der Waals surface area contributed by atoms with Crippen molar-refractivity contribution in [1.29, 1.82) is 0 Å². The molecule has 0 unspecified atom stereocenters. The Morgan fingerprint density at radius 2 is 1.80 bits per heavy atom. The predicted molar refractivity (Wildman–Crippen MR) is 82.0 cm³/mol. The molecule has 2 rings (SSSR count). The summed E-state index contributed by atoms with van der Waals surface area (Å²) in [6.45, 7) is 3.73. The van der Waals surface area contributed by atoms with Crippen LogP contribution in [0, 0.1) is 6.92 Å². The average molecular weight is 309 g/mol. The third-order valence-corrected chi connectivity index (χ3v) is 3.72. The molecule has 0 aliphatic rings. The SMILES string of the molecule is CC(=O)c1ccc(OCc2c(Cl)cccc2Cl)c(C)c1. The first-order valence-electron chi connectivity index (χ1n) is 6.16. The molecule has 0 spiro atoms. The van der Waals surface area contributed by atoms with E-state index in [4.69, 9.17) is 27.9 Å². The van der Waals surface area contributed by atoms with Gasteiger partial charge in [-0.05, 0) is 49.7 Å². The van der Waals surface area contributed by atoms with E-state index in [1.165, 1.54) is 0 Å². The van der Waals surface area contributed by atoms with Crippen LogP contribution in [0.25, 0.3) is 0 Å². The van der Waals surface area contributed by atoms with E-state index in [9.17, 15) is 4.79 Å². The number of rotatable bonds is 4. The van der Waals surface area contributed by atoms with Gasteiger partial charge in [0, 0.05) is 21.2 Å². The Morgan fingerprint density at radius 3 is 2.35 bits per heavy atom. The zero-order valence-corrected chi connectivity index (χ0v) is 12.8. The Balaban J connectivity index is 2.17. The summed E-state index contributed by atoms with van der Waals surface area (Å²) in [4.78, 5) is 11.3. The second-order valence-electron chi connectivity index (χ2n) is 4.53. The third kappa shape index (κ3) is 3.33. The van der Waals surface area contributed by atoms with Crippen LogP contribution in [0.3, 0.4) is 0 Å². The minimum atomic E-state index is 0.0359. The van der Waals surface area contributed by atoms with Crippen molar-refractivity contribution in [3.05, 3.63) is 63.1 Å². The second kappa shape index (κ2) is 6.29. The smallest absolute Gasteiger partial charge is 0.159 e. The fourth-order valence-corrected chi connectivity index (χ4v) is 2.36. The van der Waals surface area contributed by atoms with Crippen LogP contribution < -0.4 is 4.74 Å². The third-order valence-electron chi connectivity index (χ3n) is 3.02. The number of ketones is 1. The monoisotopic (exact) mass is 308 g/mol. The molecule has 0 heterocycles. The maximum absolute atomic E-state index is 11.3. The standard InChI is InChI=1S/C16H14Cl2O2/c1-10-8-12(11(2)19)6-7-16(10)20-9-13-14(17)4-3-5-15(13)18/h3-8H,9H2,1-2H3. The van der Waals surface area contributed by atoms with Crippen molar-refractivity contribution in [2.75, 3.05) is 0 Å². The summed E-state index contributed by atoms with van der Waals surface area (Å²) >= 11 is 12.2. The highest BCUT2D eigenvalue weighted by Crippen LogP contribution is 2.27. The van der Waals surface area contributed by atoms with Crippen LogP contribution in [0.5, 0.6) is 5.75 Å². The van der Waals surface area contributed by atoms with Gasteiger partial charge in [0.2, 0.25) is 0 Å². The minimum absolute atomic E-state index is 0.0359. The van der Waals surface area contributed by atoms with Crippen LogP contribution in [0.4, 0.5) is 0 Å². The van der Waals surface area contributed by atoms with Crippen molar-refractivity contribution >= 4 is 29.0 Å². The number of carbonyl (C=O) groups excluding carboxylic acids is 1. The summed E-state index contributed by atoms with van der Waals surface area (Å²) in [5.74, 6) is 0.750. The van der Waals surface area contributed by atoms with Gasteiger partial charge in [0.25, 0.3) is 0 Å². The zero-order chi connectivity index (χ0) is 14.7. The largest absolute Gasteiger partial charge is 0.489 e. The van der Waals surface area contributed by atoms with Crippen molar-refractivity contribution in [2.45, 2.75) is 20.5 Å². The highest BCUT2D eigenvalue weighted by atomic mass is 35.5. The van der Waals surface area contributed by atoms with Crippen LogP contribution in [-0.2, 0) is 6.61 Å². The Labute approximate surface area is 128 Å². The molecule has 2 aromatic rings. The van der Waals surface area contributed by atoms with E-state index in [0.717, 1.165) is 11.1 Å². The van der Waals surface area contributed by atoms with Gasteiger partial charge in [0.1, 0.15) is 12.4 Å². The van der Waals surface area contributed by atoms with E-state index in [0.29, 0.717) is 28.0 Å². The van der Waals surface area contributed by atoms with Crippen LogP contribution in [-0.4, -0.2) is 5.78 Å². The summed E-state index contributed by atoms with van der Waals surface area (Å²) in [5.41, 5.74) is 2.33. The van der Waals surface area contributed by atoms with Crippen LogP contribution >= 0.6 is 23.2 Å².